The van der Waals surface area contributed by atoms with Crippen LogP contribution in [0.1, 0.15) is 60.9 Å². The van der Waals surface area contributed by atoms with Gasteiger partial charge < -0.3 is 30.3 Å². The molecule has 3 aromatic rings. The normalized spacial score (nSPS) is 30.2. The number of carboxylic acid groups (broad SMARTS) is 2. The Bertz CT molecular complexity index is 2010. The third kappa shape index (κ3) is 6.24. The molecule has 0 radical (unpaired) electrons. The SMILES string of the molecule is C#Cc1c(F)ccc2c1C(N1C[C@H]3CC[C@@H](C1)N3)=CC(O)(c1ncc3cnc(OC[C@]45CCCN4C[C@]4(CC4(F)F)C5)nc3c1F)C2.O=CO.O=CO. The molecule has 6 heterocycles. The summed E-state index contributed by atoms with van der Waals surface area (Å²) in [5, 5.41) is 29.9. The zero-order valence-corrected chi connectivity index (χ0v) is 28.6. The topological polar surface area (TPSA) is 161 Å². The van der Waals surface area contributed by atoms with Gasteiger partial charge in [0.05, 0.1) is 16.5 Å². The number of piperazine rings is 1. The third-order valence-electron chi connectivity index (χ3n) is 11.6. The number of halogens is 4. The molecular weight excluding hydrogens is 700 g/mol. The second-order valence-electron chi connectivity index (χ2n) is 14.7. The van der Waals surface area contributed by atoms with E-state index in [1.807, 2.05) is 0 Å². The van der Waals surface area contributed by atoms with Gasteiger partial charge in [-0.25, -0.2) is 22.5 Å². The predicted octanol–water partition coefficient (Wildman–Crippen LogP) is 3.55. The predicted molar refractivity (Wildman–Crippen MR) is 182 cm³/mol. The molecule has 5 atom stereocenters. The molecule has 5 fully saturated rings. The van der Waals surface area contributed by atoms with Crippen molar-refractivity contribution in [1.82, 2.24) is 30.1 Å². The van der Waals surface area contributed by atoms with Crippen molar-refractivity contribution in [3.8, 4) is 18.4 Å². The number of fused-ring (bicyclic) bond motifs is 5. The Morgan fingerprint density at radius 3 is 2.42 bits per heavy atom. The molecule has 2 aliphatic carbocycles. The van der Waals surface area contributed by atoms with Crippen molar-refractivity contribution in [3.63, 3.8) is 0 Å². The van der Waals surface area contributed by atoms with E-state index in [-0.39, 0.29) is 67.3 Å². The van der Waals surface area contributed by atoms with E-state index in [9.17, 15) is 18.3 Å². The van der Waals surface area contributed by atoms with Crippen LogP contribution >= 0.6 is 0 Å². The Balaban J connectivity index is 0.000000682. The molecule has 4 N–H and O–H groups in total. The Labute approximate surface area is 301 Å². The highest BCUT2D eigenvalue weighted by Crippen LogP contribution is 2.69. The van der Waals surface area contributed by atoms with E-state index in [4.69, 9.17) is 31.0 Å². The number of likely N-dealkylation sites (tertiary alicyclic amines) is 1. The quantitative estimate of drug-likeness (QED) is 0.172. The van der Waals surface area contributed by atoms with Crippen molar-refractivity contribution in [3.05, 3.63) is 64.6 Å². The third-order valence-corrected chi connectivity index (χ3v) is 11.6. The number of nitrogens with zero attached hydrogens (tertiary/aromatic N) is 5. The average molecular weight is 739 g/mol. The Morgan fingerprint density at radius 1 is 1.08 bits per heavy atom. The smallest absolute Gasteiger partial charge is 0.317 e. The summed E-state index contributed by atoms with van der Waals surface area (Å²) in [6.07, 6.45) is 14.0. The van der Waals surface area contributed by atoms with Gasteiger partial charge in [-0.3, -0.25) is 19.5 Å². The minimum absolute atomic E-state index is 0.0686. The zero-order valence-electron chi connectivity index (χ0n) is 28.6. The maximum atomic E-state index is 16.5. The van der Waals surface area contributed by atoms with Gasteiger partial charge in [0, 0.05) is 73.6 Å². The largest absolute Gasteiger partial charge is 0.483 e. The standard InChI is InChI=1S/C35H34F4N6O2.2CH2O2/c1-2-24-25(36)7-4-20-10-34(46,11-26(27(20)24)44-14-22-5-6-23(15-44)42-22)30-28(37)29-21(12-40-30)13-41-31(43-29)47-19-33-8-3-9-45(33)18-32(16-33)17-35(32,38)39;2*2-1-3/h1,4,7,11-13,22-23,42,46H,3,5-6,8-10,14-19H2;2*1H,(H,2,3)/t22-,23+,32-,33-,34?;;/m1../s1. The van der Waals surface area contributed by atoms with Crippen molar-refractivity contribution >= 4 is 29.5 Å². The highest BCUT2D eigenvalue weighted by Gasteiger charge is 2.77. The second kappa shape index (κ2) is 13.5. The molecule has 2 bridgehead atoms. The number of carbonyl (C=O) groups is 2. The van der Waals surface area contributed by atoms with Crippen LogP contribution in [-0.2, 0) is 21.6 Å². The first kappa shape index (κ1) is 36.5. The van der Waals surface area contributed by atoms with Crippen LogP contribution in [0.2, 0.25) is 0 Å². The monoisotopic (exact) mass is 738 g/mol. The van der Waals surface area contributed by atoms with Crippen molar-refractivity contribution in [2.45, 2.75) is 74.1 Å². The highest BCUT2D eigenvalue weighted by molar-refractivity contribution is 5.80. The number of nitrogens with one attached hydrogen (secondary N) is 1. The summed E-state index contributed by atoms with van der Waals surface area (Å²) < 4.78 is 66.1. The molecule has 6 aliphatic rings. The summed E-state index contributed by atoms with van der Waals surface area (Å²) in [7, 11) is 0. The fourth-order valence-corrected chi connectivity index (χ4v) is 9.21. The van der Waals surface area contributed by atoms with E-state index in [0.717, 1.165) is 32.2 Å². The van der Waals surface area contributed by atoms with Crippen molar-refractivity contribution in [2.75, 3.05) is 32.8 Å². The van der Waals surface area contributed by atoms with Crippen LogP contribution in [0.15, 0.2) is 30.6 Å². The maximum Gasteiger partial charge on any atom is 0.317 e. The number of rotatable bonds is 5. The van der Waals surface area contributed by atoms with E-state index >= 15 is 4.39 Å². The summed E-state index contributed by atoms with van der Waals surface area (Å²) in [4.78, 5) is 34.0. The Morgan fingerprint density at radius 2 is 1.75 bits per heavy atom. The van der Waals surface area contributed by atoms with E-state index in [1.54, 1.807) is 12.1 Å². The molecule has 53 heavy (non-hydrogen) atoms. The number of terminal acetylenes is 1. The van der Waals surface area contributed by atoms with E-state index in [2.05, 4.69) is 36.0 Å². The lowest BCUT2D eigenvalue weighted by atomic mass is 9.79. The van der Waals surface area contributed by atoms with Gasteiger partial charge in [-0.05, 0) is 56.4 Å². The van der Waals surface area contributed by atoms with Crippen LogP contribution in [0.4, 0.5) is 17.6 Å². The summed E-state index contributed by atoms with van der Waals surface area (Å²) >= 11 is 0. The second-order valence-corrected chi connectivity index (χ2v) is 14.7. The fourth-order valence-electron chi connectivity index (χ4n) is 9.21. The molecule has 1 saturated carbocycles. The van der Waals surface area contributed by atoms with Crippen molar-refractivity contribution in [2.24, 2.45) is 5.41 Å². The summed E-state index contributed by atoms with van der Waals surface area (Å²) in [6.45, 7) is 2.00. The van der Waals surface area contributed by atoms with Gasteiger partial charge in [0.2, 0.25) is 0 Å². The summed E-state index contributed by atoms with van der Waals surface area (Å²) in [6, 6.07) is 3.28. The van der Waals surface area contributed by atoms with Crippen LogP contribution in [0, 0.1) is 29.4 Å². The van der Waals surface area contributed by atoms with Gasteiger partial charge in [0.1, 0.15) is 29.2 Å². The lowest BCUT2D eigenvalue weighted by Crippen LogP contribution is -2.51. The highest BCUT2D eigenvalue weighted by atomic mass is 19.3. The Hall–Kier alpha value is -4.85. The number of aliphatic hydroxyl groups is 1. The van der Waals surface area contributed by atoms with E-state index < -0.39 is 34.1 Å². The molecule has 1 aromatic carbocycles. The number of hydrogen-bond acceptors (Lipinski definition) is 10. The van der Waals surface area contributed by atoms with Crippen LogP contribution in [-0.4, -0.2) is 109 Å². The zero-order chi connectivity index (χ0) is 37.8. The maximum absolute atomic E-state index is 16.5. The lowest BCUT2D eigenvalue weighted by molar-refractivity contribution is -0.123. The van der Waals surface area contributed by atoms with Gasteiger partial charge in [-0.2, -0.15) is 4.98 Å². The average Bonchev–Trinajstić information content (AvgIpc) is 3.45. The van der Waals surface area contributed by atoms with Gasteiger partial charge in [0.15, 0.2) is 5.82 Å². The minimum Gasteiger partial charge on any atom is -0.483 e. The van der Waals surface area contributed by atoms with Crippen molar-refractivity contribution < 1.29 is 47.2 Å². The van der Waals surface area contributed by atoms with Gasteiger partial charge >= 0.3 is 6.01 Å². The number of aromatic nitrogens is 3. The molecule has 4 aliphatic heterocycles. The first-order valence-corrected chi connectivity index (χ1v) is 17.3. The number of benzene rings is 1. The minimum atomic E-state index is -2.65. The Kier molecular flexibility index (Phi) is 9.32. The molecule has 2 aromatic heterocycles. The number of pyridine rings is 1. The van der Waals surface area contributed by atoms with Crippen LogP contribution in [0.5, 0.6) is 6.01 Å². The van der Waals surface area contributed by atoms with Gasteiger partial charge in [-0.15, -0.1) is 6.42 Å². The molecule has 9 rings (SSSR count). The number of hydrogen-bond donors (Lipinski definition) is 4. The molecule has 280 valence electrons. The summed E-state index contributed by atoms with van der Waals surface area (Å²) in [5.74, 6) is -1.50. The van der Waals surface area contributed by atoms with Crippen LogP contribution in [0.3, 0.4) is 0 Å². The van der Waals surface area contributed by atoms with E-state index in [1.165, 1.54) is 18.5 Å². The number of ether oxygens (including phenoxy) is 1. The molecule has 1 unspecified atom stereocenters. The number of alkyl halides is 2. The first-order chi connectivity index (χ1) is 25.3. The molecular formula is C37H38F4N6O6. The molecule has 1 spiro atoms. The van der Waals surface area contributed by atoms with Gasteiger partial charge in [0.25, 0.3) is 18.9 Å². The van der Waals surface area contributed by atoms with Gasteiger partial charge in [-0.1, -0.05) is 12.0 Å². The van der Waals surface area contributed by atoms with Crippen LogP contribution in [0.25, 0.3) is 16.6 Å². The fraction of sp³-hybridized carbons (Fsp3) is 0.486. The molecule has 12 nitrogen and oxygen atoms in total. The van der Waals surface area contributed by atoms with Crippen LogP contribution < -0.4 is 10.1 Å². The molecule has 0 amide bonds. The van der Waals surface area contributed by atoms with E-state index in [0.29, 0.717) is 48.3 Å². The first-order valence-electron chi connectivity index (χ1n) is 17.3. The summed E-state index contributed by atoms with van der Waals surface area (Å²) in [5.41, 5.74) is -1.89. The lowest BCUT2D eigenvalue weighted by Gasteiger charge is -2.41. The molecule has 16 heteroatoms. The molecule has 4 saturated heterocycles. The van der Waals surface area contributed by atoms with Crippen molar-refractivity contribution in [1.29, 1.82) is 0 Å².